The average molecular weight is 413 g/mol. The normalized spacial score (nSPS) is 42.9. The van der Waals surface area contributed by atoms with Crippen LogP contribution in [-0.4, -0.2) is 5.78 Å². The molecule has 30 heavy (non-hydrogen) atoms. The Morgan fingerprint density at radius 1 is 0.967 bits per heavy atom. The Morgan fingerprint density at radius 3 is 2.43 bits per heavy atom. The molecule has 0 aliphatic heterocycles. The largest absolute Gasteiger partial charge is 0.295 e. The first-order chi connectivity index (χ1) is 14.2. The number of carbonyl (C=O) groups is 1. The minimum absolute atomic E-state index is 0.327. The van der Waals surface area contributed by atoms with Crippen molar-refractivity contribution in [1.29, 1.82) is 0 Å². The van der Waals surface area contributed by atoms with Crippen molar-refractivity contribution in [3.05, 3.63) is 11.6 Å². The summed E-state index contributed by atoms with van der Waals surface area (Å²) in [7, 11) is 0. The van der Waals surface area contributed by atoms with Crippen LogP contribution in [0, 0.1) is 52.3 Å². The van der Waals surface area contributed by atoms with E-state index in [1.165, 1.54) is 63.4 Å². The van der Waals surface area contributed by atoms with Crippen LogP contribution in [0.25, 0.3) is 0 Å². The topological polar surface area (TPSA) is 17.1 Å². The van der Waals surface area contributed by atoms with Gasteiger partial charge in [-0.25, -0.2) is 0 Å². The van der Waals surface area contributed by atoms with Crippen LogP contribution in [-0.2, 0) is 4.79 Å². The Labute approximate surface area is 186 Å². The number of carbonyl (C=O) groups excluding carboxylic acids is 1. The van der Waals surface area contributed by atoms with Gasteiger partial charge in [0.1, 0.15) is 0 Å². The van der Waals surface area contributed by atoms with Gasteiger partial charge in [-0.2, -0.15) is 0 Å². The molecule has 0 aromatic heterocycles. The van der Waals surface area contributed by atoms with E-state index >= 15 is 0 Å². The van der Waals surface area contributed by atoms with E-state index in [1.54, 1.807) is 0 Å². The second-order valence-corrected chi connectivity index (χ2v) is 12.7. The molecule has 0 saturated heterocycles. The highest BCUT2D eigenvalue weighted by Gasteiger charge is 2.59. The molecule has 0 amide bonds. The summed E-state index contributed by atoms with van der Waals surface area (Å²) in [5.74, 6) is 6.63. The Kier molecular flexibility index (Phi) is 6.33. The van der Waals surface area contributed by atoms with Crippen molar-refractivity contribution in [3.63, 3.8) is 0 Å². The zero-order chi connectivity index (χ0) is 21.7. The molecule has 4 rings (SSSR count). The summed E-state index contributed by atoms with van der Waals surface area (Å²) < 4.78 is 0. The predicted octanol–water partition coefficient (Wildman–Crippen LogP) is 8.23. The van der Waals surface area contributed by atoms with Crippen molar-refractivity contribution in [3.8, 4) is 0 Å². The zero-order valence-electron chi connectivity index (χ0n) is 20.8. The molecule has 0 bridgehead atoms. The van der Waals surface area contributed by atoms with Crippen LogP contribution in [0.1, 0.15) is 112 Å². The first-order valence-corrected chi connectivity index (χ1v) is 13.4. The van der Waals surface area contributed by atoms with E-state index < -0.39 is 0 Å². The third-order valence-corrected chi connectivity index (χ3v) is 11.2. The Balaban J connectivity index is 1.48. The first-order valence-electron chi connectivity index (χ1n) is 13.4. The maximum absolute atomic E-state index is 12.1. The summed E-state index contributed by atoms with van der Waals surface area (Å²) in [5.41, 5.74) is 2.42. The molecule has 3 saturated carbocycles. The molecule has 3 fully saturated rings. The van der Waals surface area contributed by atoms with E-state index in [0.717, 1.165) is 54.3 Å². The highest BCUT2D eigenvalue weighted by Crippen LogP contribution is 2.67. The van der Waals surface area contributed by atoms with Gasteiger partial charge in [0.2, 0.25) is 0 Å². The Bertz CT molecular complexity index is 674. The van der Waals surface area contributed by atoms with Crippen molar-refractivity contribution in [2.45, 2.75) is 112 Å². The third kappa shape index (κ3) is 3.65. The number of rotatable bonds is 6. The summed E-state index contributed by atoms with van der Waals surface area (Å²) in [5, 5.41) is 0. The average Bonchev–Trinajstić information content (AvgIpc) is 3.06. The third-order valence-electron chi connectivity index (χ3n) is 11.2. The van der Waals surface area contributed by atoms with E-state index in [-0.39, 0.29) is 0 Å². The molecule has 0 N–H and O–H groups in total. The van der Waals surface area contributed by atoms with E-state index in [0.29, 0.717) is 16.6 Å². The van der Waals surface area contributed by atoms with Gasteiger partial charge in [0.15, 0.2) is 5.78 Å². The summed E-state index contributed by atoms with van der Waals surface area (Å²) in [6, 6.07) is 0. The van der Waals surface area contributed by atoms with Crippen LogP contribution >= 0.6 is 0 Å². The van der Waals surface area contributed by atoms with Crippen LogP contribution in [0.15, 0.2) is 11.6 Å². The highest BCUT2D eigenvalue weighted by atomic mass is 16.1. The summed E-state index contributed by atoms with van der Waals surface area (Å²) >= 11 is 0. The molecule has 8 atom stereocenters. The number of allylic oxidation sites excluding steroid dienone is 1. The number of hydrogen-bond donors (Lipinski definition) is 0. The molecular weight excluding hydrogens is 364 g/mol. The van der Waals surface area contributed by atoms with Crippen molar-refractivity contribution >= 4 is 5.78 Å². The number of fused-ring (bicyclic) bond motifs is 5. The highest BCUT2D eigenvalue weighted by molar-refractivity contribution is 5.91. The van der Waals surface area contributed by atoms with Gasteiger partial charge in [0, 0.05) is 6.42 Å². The molecule has 4 aliphatic rings. The van der Waals surface area contributed by atoms with Gasteiger partial charge in [0.05, 0.1) is 0 Å². The summed E-state index contributed by atoms with van der Waals surface area (Å²) in [6.45, 7) is 15.0. The summed E-state index contributed by atoms with van der Waals surface area (Å²) in [6.07, 6.45) is 16.5. The Morgan fingerprint density at radius 2 is 1.73 bits per heavy atom. The molecule has 4 aliphatic carbocycles. The zero-order valence-corrected chi connectivity index (χ0v) is 20.8. The number of hydrogen-bond acceptors (Lipinski definition) is 1. The predicted molar refractivity (Wildman–Crippen MR) is 127 cm³/mol. The van der Waals surface area contributed by atoms with Gasteiger partial charge in [-0.05, 0) is 110 Å². The molecule has 0 radical (unpaired) electrons. The van der Waals surface area contributed by atoms with Crippen LogP contribution in [0.4, 0.5) is 0 Å². The monoisotopic (exact) mass is 412 g/mol. The fourth-order valence-corrected chi connectivity index (χ4v) is 9.22. The van der Waals surface area contributed by atoms with Crippen molar-refractivity contribution < 1.29 is 4.79 Å². The fraction of sp³-hybridized carbons (Fsp3) is 0.897. The SMILES string of the molecule is CCC(CC[C@@H](C)C1CCC2C3CCC4=CC(=O)CCC4(C)C3CCC21C)C(C)C. The molecule has 0 spiro atoms. The number of ketones is 1. The lowest BCUT2D eigenvalue weighted by molar-refractivity contribution is -0.117. The fourth-order valence-electron chi connectivity index (χ4n) is 9.22. The maximum atomic E-state index is 12.1. The minimum Gasteiger partial charge on any atom is -0.295 e. The molecular formula is C29H48O. The second kappa shape index (κ2) is 8.40. The molecule has 0 heterocycles. The van der Waals surface area contributed by atoms with E-state index in [2.05, 4.69) is 47.6 Å². The van der Waals surface area contributed by atoms with E-state index in [9.17, 15) is 4.79 Å². The van der Waals surface area contributed by atoms with Crippen molar-refractivity contribution in [2.24, 2.45) is 52.3 Å². The van der Waals surface area contributed by atoms with Gasteiger partial charge >= 0.3 is 0 Å². The van der Waals surface area contributed by atoms with E-state index in [4.69, 9.17) is 0 Å². The van der Waals surface area contributed by atoms with Gasteiger partial charge in [-0.1, -0.05) is 60.0 Å². The standard InChI is InChI=1S/C29H48O/c1-7-21(19(2)3)9-8-20(4)25-12-13-26-24-11-10-22-18-23(30)14-16-28(22,5)27(24)15-17-29(25,26)6/h18-21,24-27H,7-17H2,1-6H3/t20-,21?,24?,25?,26?,27?,28?,29?/m1/s1. The molecule has 0 aromatic carbocycles. The lowest BCUT2D eigenvalue weighted by atomic mass is 9.46. The first kappa shape index (κ1) is 22.6. The molecule has 1 heteroatoms. The molecule has 1 nitrogen and oxygen atoms in total. The quantitative estimate of drug-likeness (QED) is 0.429. The molecule has 170 valence electrons. The smallest absolute Gasteiger partial charge is 0.155 e. The van der Waals surface area contributed by atoms with Gasteiger partial charge < -0.3 is 0 Å². The lowest BCUT2D eigenvalue weighted by Crippen LogP contribution is -2.51. The van der Waals surface area contributed by atoms with E-state index in [1.807, 2.05) is 0 Å². The molecule has 0 aromatic rings. The lowest BCUT2D eigenvalue weighted by Gasteiger charge is -2.58. The van der Waals surface area contributed by atoms with Crippen LogP contribution < -0.4 is 0 Å². The van der Waals surface area contributed by atoms with Crippen LogP contribution in [0.2, 0.25) is 0 Å². The van der Waals surface area contributed by atoms with Crippen LogP contribution in [0.3, 0.4) is 0 Å². The summed E-state index contributed by atoms with van der Waals surface area (Å²) in [4.78, 5) is 12.1. The Hall–Kier alpha value is -0.590. The van der Waals surface area contributed by atoms with Crippen LogP contribution in [0.5, 0.6) is 0 Å². The van der Waals surface area contributed by atoms with Gasteiger partial charge in [0.25, 0.3) is 0 Å². The van der Waals surface area contributed by atoms with Gasteiger partial charge in [-0.15, -0.1) is 0 Å². The second-order valence-electron chi connectivity index (χ2n) is 12.7. The minimum atomic E-state index is 0.327. The van der Waals surface area contributed by atoms with Gasteiger partial charge in [-0.3, -0.25) is 4.79 Å². The van der Waals surface area contributed by atoms with Crippen molar-refractivity contribution in [1.82, 2.24) is 0 Å². The maximum Gasteiger partial charge on any atom is 0.155 e. The molecule has 7 unspecified atom stereocenters. The van der Waals surface area contributed by atoms with Crippen molar-refractivity contribution in [2.75, 3.05) is 0 Å².